The van der Waals surface area contributed by atoms with Gasteiger partial charge in [-0.15, -0.1) is 10.2 Å². The summed E-state index contributed by atoms with van der Waals surface area (Å²) < 4.78 is 30.1. The van der Waals surface area contributed by atoms with Crippen LogP contribution in [0.25, 0.3) is 17.1 Å². The molecule has 27 heavy (non-hydrogen) atoms. The zero-order valence-electron chi connectivity index (χ0n) is 14.2. The summed E-state index contributed by atoms with van der Waals surface area (Å²) in [6.07, 6.45) is 0. The topological polar surface area (TPSA) is 30.7 Å². The van der Waals surface area contributed by atoms with Crippen LogP contribution in [0.4, 0.5) is 8.78 Å². The lowest BCUT2D eigenvalue weighted by Crippen LogP contribution is -2.01. The number of para-hydroxylation sites is 1. The molecule has 0 saturated heterocycles. The molecule has 3 aromatic carbocycles. The lowest BCUT2D eigenvalue weighted by molar-refractivity contribution is 0.617. The molecule has 0 aliphatic heterocycles. The number of benzene rings is 3. The standard InChI is InChI=1S/C21H15F2N3S/c22-18-12-6-4-8-15(18)14-27-21-25-24-20(17-11-5-7-13-19(17)23)26(21)16-9-2-1-3-10-16/h1-13H,14H2. The van der Waals surface area contributed by atoms with Crippen molar-refractivity contribution in [2.75, 3.05) is 0 Å². The predicted octanol–water partition coefficient (Wildman–Crippen LogP) is 5.50. The number of aromatic nitrogens is 3. The molecule has 0 unspecified atom stereocenters. The minimum atomic E-state index is -0.368. The molecule has 134 valence electrons. The summed E-state index contributed by atoms with van der Waals surface area (Å²) in [7, 11) is 0. The van der Waals surface area contributed by atoms with Crippen LogP contribution in [0, 0.1) is 11.6 Å². The fraction of sp³-hybridized carbons (Fsp3) is 0.0476. The molecular weight excluding hydrogens is 364 g/mol. The Morgan fingerprint density at radius 2 is 1.41 bits per heavy atom. The van der Waals surface area contributed by atoms with Gasteiger partial charge in [0.15, 0.2) is 11.0 Å². The van der Waals surface area contributed by atoms with E-state index >= 15 is 0 Å². The molecule has 0 atom stereocenters. The average molecular weight is 379 g/mol. The Bertz CT molecular complexity index is 1060. The Balaban J connectivity index is 1.76. The summed E-state index contributed by atoms with van der Waals surface area (Å²) in [5.74, 6) is 0.183. The molecular formula is C21H15F2N3S. The molecule has 0 fully saturated rings. The Kier molecular flexibility index (Phi) is 4.98. The highest BCUT2D eigenvalue weighted by atomic mass is 32.2. The Labute approximate surface area is 159 Å². The molecule has 1 heterocycles. The van der Waals surface area contributed by atoms with Crippen molar-refractivity contribution in [2.24, 2.45) is 0 Å². The molecule has 1 aromatic heterocycles. The summed E-state index contributed by atoms with van der Waals surface area (Å²) in [5, 5.41) is 9.03. The number of halogens is 2. The number of nitrogens with zero attached hydrogens (tertiary/aromatic N) is 3. The van der Waals surface area contributed by atoms with Gasteiger partial charge in [0.05, 0.1) is 5.56 Å². The van der Waals surface area contributed by atoms with E-state index in [1.807, 2.05) is 30.3 Å². The van der Waals surface area contributed by atoms with Crippen molar-refractivity contribution in [1.29, 1.82) is 0 Å². The van der Waals surface area contributed by atoms with E-state index in [-0.39, 0.29) is 11.6 Å². The molecule has 0 N–H and O–H groups in total. The van der Waals surface area contributed by atoms with Crippen LogP contribution in [0.5, 0.6) is 0 Å². The summed E-state index contributed by atoms with van der Waals surface area (Å²) >= 11 is 1.36. The fourth-order valence-corrected chi connectivity index (χ4v) is 3.69. The van der Waals surface area contributed by atoms with Crippen molar-refractivity contribution in [1.82, 2.24) is 14.8 Å². The molecule has 0 saturated carbocycles. The third-order valence-corrected chi connectivity index (χ3v) is 5.05. The van der Waals surface area contributed by atoms with Gasteiger partial charge in [-0.05, 0) is 35.9 Å². The van der Waals surface area contributed by atoms with E-state index in [0.717, 1.165) is 5.69 Å². The van der Waals surface area contributed by atoms with E-state index < -0.39 is 0 Å². The molecule has 4 rings (SSSR count). The van der Waals surface area contributed by atoms with E-state index in [2.05, 4.69) is 10.2 Å². The molecule has 0 amide bonds. The average Bonchev–Trinajstić information content (AvgIpc) is 3.12. The van der Waals surface area contributed by atoms with Crippen molar-refractivity contribution < 1.29 is 8.78 Å². The van der Waals surface area contributed by atoms with Gasteiger partial charge in [0.2, 0.25) is 0 Å². The molecule has 3 nitrogen and oxygen atoms in total. The first-order valence-corrected chi connectivity index (χ1v) is 9.34. The second-order valence-electron chi connectivity index (χ2n) is 5.84. The first-order chi connectivity index (χ1) is 13.2. The van der Waals surface area contributed by atoms with E-state index in [1.54, 1.807) is 41.0 Å². The van der Waals surface area contributed by atoms with Crippen LogP contribution in [0.15, 0.2) is 84.0 Å². The largest absolute Gasteiger partial charge is 0.270 e. The van der Waals surface area contributed by atoms with E-state index in [0.29, 0.717) is 27.9 Å². The van der Waals surface area contributed by atoms with E-state index in [1.165, 1.54) is 23.9 Å². The summed E-state index contributed by atoms with van der Waals surface area (Å²) in [5.41, 5.74) is 1.76. The van der Waals surface area contributed by atoms with Crippen LogP contribution in [0.3, 0.4) is 0 Å². The highest BCUT2D eigenvalue weighted by Crippen LogP contribution is 2.31. The van der Waals surface area contributed by atoms with Gasteiger partial charge >= 0.3 is 0 Å². The molecule has 4 aromatic rings. The van der Waals surface area contributed by atoms with E-state index in [9.17, 15) is 8.78 Å². The first-order valence-electron chi connectivity index (χ1n) is 8.36. The molecule has 0 radical (unpaired) electrons. The van der Waals surface area contributed by atoms with Gasteiger partial charge in [-0.1, -0.05) is 60.3 Å². The third kappa shape index (κ3) is 3.61. The highest BCUT2D eigenvalue weighted by Gasteiger charge is 2.18. The van der Waals surface area contributed by atoms with Crippen molar-refractivity contribution in [3.63, 3.8) is 0 Å². The Morgan fingerprint density at radius 1 is 0.741 bits per heavy atom. The van der Waals surface area contributed by atoms with Gasteiger partial charge in [-0.3, -0.25) is 4.57 Å². The van der Waals surface area contributed by atoms with Crippen LogP contribution in [0.2, 0.25) is 0 Å². The lowest BCUT2D eigenvalue weighted by Gasteiger charge is -2.11. The quantitative estimate of drug-likeness (QED) is 0.429. The smallest absolute Gasteiger partial charge is 0.196 e. The summed E-state index contributed by atoms with van der Waals surface area (Å²) in [4.78, 5) is 0. The summed E-state index contributed by atoms with van der Waals surface area (Å²) in [6, 6.07) is 22.6. The number of hydrogen-bond donors (Lipinski definition) is 0. The van der Waals surface area contributed by atoms with Crippen molar-refractivity contribution >= 4 is 11.8 Å². The first kappa shape index (κ1) is 17.4. The number of thioether (sulfide) groups is 1. The van der Waals surface area contributed by atoms with Crippen LogP contribution in [-0.4, -0.2) is 14.8 Å². The normalized spacial score (nSPS) is 10.9. The molecule has 0 spiro atoms. The second kappa shape index (κ2) is 7.72. The van der Waals surface area contributed by atoms with Crippen LogP contribution in [-0.2, 0) is 5.75 Å². The van der Waals surface area contributed by atoms with Crippen molar-refractivity contribution in [3.05, 3.63) is 96.1 Å². The van der Waals surface area contributed by atoms with Gasteiger partial charge in [0, 0.05) is 11.4 Å². The number of rotatable bonds is 5. The zero-order chi connectivity index (χ0) is 18.6. The van der Waals surface area contributed by atoms with Crippen molar-refractivity contribution in [3.8, 4) is 17.1 Å². The molecule has 0 aliphatic rings. The maximum Gasteiger partial charge on any atom is 0.196 e. The molecule has 0 aliphatic carbocycles. The highest BCUT2D eigenvalue weighted by molar-refractivity contribution is 7.98. The maximum atomic E-state index is 14.3. The van der Waals surface area contributed by atoms with Gasteiger partial charge in [0.1, 0.15) is 11.6 Å². The Hall–Kier alpha value is -2.99. The minimum Gasteiger partial charge on any atom is -0.270 e. The van der Waals surface area contributed by atoms with Gasteiger partial charge in [-0.25, -0.2) is 8.78 Å². The summed E-state index contributed by atoms with van der Waals surface area (Å²) in [6.45, 7) is 0. The van der Waals surface area contributed by atoms with Gasteiger partial charge in [-0.2, -0.15) is 0 Å². The van der Waals surface area contributed by atoms with E-state index in [4.69, 9.17) is 0 Å². The minimum absolute atomic E-state index is 0.259. The molecule has 0 bridgehead atoms. The number of hydrogen-bond acceptors (Lipinski definition) is 3. The lowest BCUT2D eigenvalue weighted by atomic mass is 10.2. The Morgan fingerprint density at radius 3 is 2.15 bits per heavy atom. The molecule has 6 heteroatoms. The fourth-order valence-electron chi connectivity index (χ4n) is 2.75. The SMILES string of the molecule is Fc1ccccc1CSc1nnc(-c2ccccc2F)n1-c1ccccc1. The monoisotopic (exact) mass is 379 g/mol. The van der Waals surface area contributed by atoms with Crippen LogP contribution < -0.4 is 0 Å². The van der Waals surface area contributed by atoms with Crippen molar-refractivity contribution in [2.45, 2.75) is 10.9 Å². The zero-order valence-corrected chi connectivity index (χ0v) is 15.0. The third-order valence-electron chi connectivity index (χ3n) is 4.08. The maximum absolute atomic E-state index is 14.3. The second-order valence-corrected chi connectivity index (χ2v) is 6.78. The predicted molar refractivity (Wildman–Crippen MR) is 103 cm³/mol. The van der Waals surface area contributed by atoms with Gasteiger partial charge in [0.25, 0.3) is 0 Å². The van der Waals surface area contributed by atoms with Crippen LogP contribution in [0.1, 0.15) is 5.56 Å². The van der Waals surface area contributed by atoms with Gasteiger partial charge < -0.3 is 0 Å². The van der Waals surface area contributed by atoms with Crippen LogP contribution >= 0.6 is 11.8 Å².